The second-order valence-corrected chi connectivity index (χ2v) is 7.64. The standard InChI is InChI=1S/C22H11Cl2N3O7/c23-13-4-6-16(17(24)10-13)21-25-18(22(28)34-21)9-12-2-1-3-15(8-12)33-20-7-5-14(26(29)30)11-19(20)27(31)32/h1-11H/b18-9-. The van der Waals surface area contributed by atoms with Gasteiger partial charge in [-0.2, -0.15) is 0 Å². The molecule has 10 nitrogen and oxygen atoms in total. The second kappa shape index (κ2) is 9.30. The number of benzene rings is 3. The zero-order valence-corrected chi connectivity index (χ0v) is 18.3. The molecule has 0 atom stereocenters. The van der Waals surface area contributed by atoms with Crippen LogP contribution >= 0.6 is 23.2 Å². The third kappa shape index (κ3) is 4.87. The number of halogens is 2. The summed E-state index contributed by atoms with van der Waals surface area (Å²) in [6.07, 6.45) is 1.44. The lowest BCUT2D eigenvalue weighted by Gasteiger charge is -2.07. The van der Waals surface area contributed by atoms with E-state index in [4.69, 9.17) is 32.7 Å². The lowest BCUT2D eigenvalue weighted by molar-refractivity contribution is -0.394. The van der Waals surface area contributed by atoms with Gasteiger partial charge in [0.2, 0.25) is 11.6 Å². The van der Waals surface area contributed by atoms with E-state index < -0.39 is 27.2 Å². The van der Waals surface area contributed by atoms with Crippen LogP contribution in [-0.4, -0.2) is 21.7 Å². The third-order valence-corrected chi connectivity index (χ3v) is 5.07. The summed E-state index contributed by atoms with van der Waals surface area (Å²) >= 11 is 12.0. The number of esters is 1. The van der Waals surface area contributed by atoms with E-state index in [0.29, 0.717) is 16.1 Å². The first-order valence-corrected chi connectivity index (χ1v) is 10.2. The quantitative estimate of drug-likeness (QED) is 0.177. The number of hydrogen-bond donors (Lipinski definition) is 0. The highest BCUT2D eigenvalue weighted by atomic mass is 35.5. The van der Waals surface area contributed by atoms with E-state index >= 15 is 0 Å². The fourth-order valence-electron chi connectivity index (χ4n) is 2.99. The van der Waals surface area contributed by atoms with Crippen molar-refractivity contribution in [3.63, 3.8) is 0 Å². The van der Waals surface area contributed by atoms with Gasteiger partial charge in [0.25, 0.3) is 5.69 Å². The van der Waals surface area contributed by atoms with Crippen LogP contribution in [0.25, 0.3) is 6.08 Å². The summed E-state index contributed by atoms with van der Waals surface area (Å²) in [6.45, 7) is 0. The first-order valence-electron chi connectivity index (χ1n) is 9.40. The Balaban J connectivity index is 1.62. The number of non-ortho nitro benzene ring substituents is 1. The average molecular weight is 500 g/mol. The Morgan fingerprint density at radius 3 is 2.47 bits per heavy atom. The maximum atomic E-state index is 12.3. The minimum absolute atomic E-state index is 0.000479. The minimum atomic E-state index is -0.777. The van der Waals surface area contributed by atoms with Gasteiger partial charge in [-0.3, -0.25) is 20.2 Å². The van der Waals surface area contributed by atoms with Crippen LogP contribution in [0.4, 0.5) is 11.4 Å². The van der Waals surface area contributed by atoms with Crippen LogP contribution in [0.15, 0.2) is 71.4 Å². The van der Waals surface area contributed by atoms with E-state index in [0.717, 1.165) is 18.2 Å². The first-order chi connectivity index (χ1) is 16.2. The highest BCUT2D eigenvalue weighted by molar-refractivity contribution is 6.37. The fraction of sp³-hybridized carbons (Fsp3) is 0. The molecule has 1 aliphatic rings. The zero-order valence-electron chi connectivity index (χ0n) is 16.8. The molecule has 3 aromatic carbocycles. The number of hydrogen-bond acceptors (Lipinski definition) is 8. The van der Waals surface area contributed by atoms with Crippen molar-refractivity contribution >= 4 is 52.5 Å². The highest BCUT2D eigenvalue weighted by Crippen LogP contribution is 2.35. The summed E-state index contributed by atoms with van der Waals surface area (Å²) in [4.78, 5) is 37.2. The number of rotatable bonds is 6. The molecule has 34 heavy (non-hydrogen) atoms. The summed E-state index contributed by atoms with van der Waals surface area (Å²) < 4.78 is 10.8. The Morgan fingerprint density at radius 1 is 0.971 bits per heavy atom. The summed E-state index contributed by atoms with van der Waals surface area (Å²) in [6, 6.07) is 14.0. The molecule has 0 aliphatic carbocycles. The Bertz CT molecular complexity index is 1420. The van der Waals surface area contributed by atoms with Crippen LogP contribution in [-0.2, 0) is 9.53 Å². The highest BCUT2D eigenvalue weighted by Gasteiger charge is 2.26. The van der Waals surface area contributed by atoms with Gasteiger partial charge in [0.05, 0.1) is 26.5 Å². The largest absolute Gasteiger partial charge is 0.450 e. The molecular weight excluding hydrogens is 489 g/mol. The normalized spacial score (nSPS) is 14.0. The smallest absolute Gasteiger partial charge is 0.363 e. The number of carbonyl (C=O) groups excluding carboxylic acids is 1. The van der Waals surface area contributed by atoms with Gasteiger partial charge >= 0.3 is 11.7 Å². The predicted molar refractivity (Wildman–Crippen MR) is 123 cm³/mol. The molecule has 0 saturated heterocycles. The van der Waals surface area contributed by atoms with Crippen molar-refractivity contribution in [1.29, 1.82) is 0 Å². The van der Waals surface area contributed by atoms with Crippen molar-refractivity contribution < 1.29 is 24.1 Å². The number of cyclic esters (lactones) is 1. The molecule has 0 saturated carbocycles. The average Bonchev–Trinajstić information content (AvgIpc) is 3.13. The Hall–Kier alpha value is -4.28. The van der Waals surface area contributed by atoms with E-state index in [9.17, 15) is 25.0 Å². The number of ether oxygens (including phenoxy) is 2. The third-order valence-electron chi connectivity index (χ3n) is 4.52. The van der Waals surface area contributed by atoms with Crippen LogP contribution in [0.1, 0.15) is 11.1 Å². The molecule has 1 aliphatic heterocycles. The zero-order chi connectivity index (χ0) is 24.4. The molecule has 1 heterocycles. The van der Waals surface area contributed by atoms with E-state index in [1.165, 1.54) is 24.3 Å². The molecule has 0 bridgehead atoms. The number of nitro benzene ring substituents is 2. The Morgan fingerprint density at radius 2 is 1.76 bits per heavy atom. The fourth-order valence-corrected chi connectivity index (χ4v) is 3.48. The van der Waals surface area contributed by atoms with Gasteiger partial charge in [0, 0.05) is 11.1 Å². The molecule has 0 radical (unpaired) electrons. The summed E-state index contributed by atoms with van der Waals surface area (Å²) in [5.41, 5.74) is -0.121. The van der Waals surface area contributed by atoms with E-state index in [2.05, 4.69) is 4.99 Å². The molecular formula is C22H11Cl2N3O7. The molecule has 0 spiro atoms. The molecule has 0 fully saturated rings. The number of aliphatic imine (C=N–C) groups is 1. The van der Waals surface area contributed by atoms with Crippen LogP contribution in [0.2, 0.25) is 10.0 Å². The van der Waals surface area contributed by atoms with Crippen molar-refractivity contribution in [2.45, 2.75) is 0 Å². The number of carbonyl (C=O) groups is 1. The van der Waals surface area contributed by atoms with E-state index in [-0.39, 0.29) is 28.1 Å². The molecule has 12 heteroatoms. The first kappa shape index (κ1) is 22.9. The monoisotopic (exact) mass is 499 g/mol. The van der Waals surface area contributed by atoms with Crippen molar-refractivity contribution in [3.8, 4) is 11.5 Å². The van der Waals surface area contributed by atoms with Crippen molar-refractivity contribution in [2.75, 3.05) is 0 Å². The van der Waals surface area contributed by atoms with Gasteiger partial charge in [-0.15, -0.1) is 0 Å². The maximum absolute atomic E-state index is 12.3. The van der Waals surface area contributed by atoms with Gasteiger partial charge in [-0.25, -0.2) is 9.79 Å². The van der Waals surface area contributed by atoms with Crippen molar-refractivity contribution in [1.82, 2.24) is 0 Å². The SMILES string of the molecule is O=C1OC(c2ccc(Cl)cc2Cl)=N/C1=C\c1cccc(Oc2ccc([N+](=O)[O-])cc2[N+](=O)[O-])c1. The van der Waals surface area contributed by atoms with Crippen LogP contribution in [0.5, 0.6) is 11.5 Å². The molecule has 0 amide bonds. The van der Waals surface area contributed by atoms with Gasteiger partial charge in [-0.05, 0) is 48.0 Å². The van der Waals surface area contributed by atoms with E-state index in [1.54, 1.807) is 24.3 Å². The lowest BCUT2D eigenvalue weighted by Crippen LogP contribution is -2.05. The summed E-state index contributed by atoms with van der Waals surface area (Å²) in [5, 5.41) is 22.9. The molecule has 4 rings (SSSR count). The molecule has 0 aromatic heterocycles. The molecule has 3 aromatic rings. The van der Waals surface area contributed by atoms with Crippen molar-refractivity contribution in [2.24, 2.45) is 4.99 Å². The van der Waals surface area contributed by atoms with Crippen LogP contribution < -0.4 is 4.74 Å². The summed E-state index contributed by atoms with van der Waals surface area (Å²) in [5.74, 6) is -0.661. The number of nitro groups is 2. The Kier molecular flexibility index (Phi) is 6.26. The van der Waals surface area contributed by atoms with Gasteiger partial charge in [-0.1, -0.05) is 35.3 Å². The topological polar surface area (TPSA) is 134 Å². The summed E-state index contributed by atoms with van der Waals surface area (Å²) in [7, 11) is 0. The predicted octanol–water partition coefficient (Wildman–Crippen LogP) is 5.95. The maximum Gasteiger partial charge on any atom is 0.363 e. The van der Waals surface area contributed by atoms with Gasteiger partial charge in [0.15, 0.2) is 5.70 Å². The van der Waals surface area contributed by atoms with Crippen molar-refractivity contribution in [3.05, 3.63) is 108 Å². The lowest BCUT2D eigenvalue weighted by atomic mass is 10.2. The molecule has 0 N–H and O–H groups in total. The van der Waals surface area contributed by atoms with Gasteiger partial charge < -0.3 is 9.47 Å². The molecule has 170 valence electrons. The number of nitrogens with zero attached hydrogens (tertiary/aromatic N) is 3. The second-order valence-electron chi connectivity index (χ2n) is 6.80. The minimum Gasteiger partial charge on any atom is -0.450 e. The van der Waals surface area contributed by atoms with Crippen LogP contribution in [0, 0.1) is 20.2 Å². The van der Waals surface area contributed by atoms with Crippen LogP contribution in [0.3, 0.4) is 0 Å². The molecule has 0 unspecified atom stereocenters. The Labute approximate surface area is 201 Å². The van der Waals surface area contributed by atoms with E-state index in [1.807, 2.05) is 0 Å². The van der Waals surface area contributed by atoms with Gasteiger partial charge in [0.1, 0.15) is 5.75 Å².